The molecule has 6 nitrogen and oxygen atoms in total. The number of esters is 3. The molecular formula is C40H72O6. The second-order valence-corrected chi connectivity index (χ2v) is 12.8. The first-order chi connectivity index (χ1) is 22.5. The zero-order valence-electron chi connectivity index (χ0n) is 30.3. The van der Waals surface area contributed by atoms with Gasteiger partial charge in [0.25, 0.3) is 0 Å². The number of carbonyl (C=O) groups excluding carboxylic acids is 3. The van der Waals surface area contributed by atoms with Crippen LogP contribution in [-0.2, 0) is 28.6 Å². The topological polar surface area (TPSA) is 78.9 Å². The molecule has 0 aromatic heterocycles. The van der Waals surface area contributed by atoms with Crippen molar-refractivity contribution in [3.05, 3.63) is 24.3 Å². The van der Waals surface area contributed by atoms with Crippen molar-refractivity contribution in [3.8, 4) is 0 Å². The molecule has 0 spiro atoms. The Balaban J connectivity index is 4.22. The molecule has 0 aliphatic rings. The lowest BCUT2D eigenvalue weighted by atomic mass is 10.1. The summed E-state index contributed by atoms with van der Waals surface area (Å²) in [6, 6.07) is 0. The number of unbranched alkanes of at least 4 members (excludes halogenated alkanes) is 19. The fraction of sp³-hybridized carbons (Fsp3) is 0.825. The molecule has 0 aromatic carbocycles. The average Bonchev–Trinajstić information content (AvgIpc) is 3.05. The Hall–Kier alpha value is -2.11. The predicted octanol–water partition coefficient (Wildman–Crippen LogP) is 11.7. The van der Waals surface area contributed by atoms with Gasteiger partial charge in [-0.3, -0.25) is 14.4 Å². The number of hydrogen-bond acceptors (Lipinski definition) is 6. The SMILES string of the molecule is CCCCCC/C=C\C/C=C\CCCCCCCC(=O)OCC(COC(=O)CCCCCCCC)OC(=O)CCCCCCCC. The van der Waals surface area contributed by atoms with Gasteiger partial charge in [0.2, 0.25) is 0 Å². The molecule has 0 aliphatic carbocycles. The van der Waals surface area contributed by atoms with Gasteiger partial charge in [0.05, 0.1) is 0 Å². The summed E-state index contributed by atoms with van der Waals surface area (Å²) in [5.41, 5.74) is 0. The van der Waals surface area contributed by atoms with E-state index in [1.807, 2.05) is 0 Å². The van der Waals surface area contributed by atoms with Gasteiger partial charge in [-0.05, 0) is 51.4 Å². The molecule has 46 heavy (non-hydrogen) atoms. The molecular weight excluding hydrogens is 576 g/mol. The lowest BCUT2D eigenvalue weighted by Crippen LogP contribution is -2.30. The highest BCUT2D eigenvalue weighted by Gasteiger charge is 2.19. The molecule has 0 radical (unpaired) electrons. The standard InChI is InChI=1S/C40H72O6/c1-4-7-10-13-16-17-18-19-20-21-22-23-24-25-28-30-33-39(42)45-36-37(46-40(43)34-31-27-15-12-9-6-3)35-44-38(41)32-29-26-14-11-8-5-2/h17-18,20-21,37H,4-16,19,22-36H2,1-3H3/b18-17-,21-20-. The first kappa shape index (κ1) is 43.9. The zero-order chi connectivity index (χ0) is 33.8. The summed E-state index contributed by atoms with van der Waals surface area (Å²) in [7, 11) is 0. The fourth-order valence-electron chi connectivity index (χ4n) is 5.23. The predicted molar refractivity (Wildman–Crippen MR) is 192 cm³/mol. The van der Waals surface area contributed by atoms with Gasteiger partial charge in [0.15, 0.2) is 6.10 Å². The van der Waals surface area contributed by atoms with E-state index in [4.69, 9.17) is 14.2 Å². The largest absolute Gasteiger partial charge is 0.462 e. The second-order valence-electron chi connectivity index (χ2n) is 12.8. The van der Waals surface area contributed by atoms with Gasteiger partial charge in [0, 0.05) is 19.3 Å². The minimum Gasteiger partial charge on any atom is -0.462 e. The maximum atomic E-state index is 12.5. The van der Waals surface area contributed by atoms with Crippen molar-refractivity contribution < 1.29 is 28.6 Å². The number of carbonyl (C=O) groups is 3. The zero-order valence-corrected chi connectivity index (χ0v) is 30.3. The molecule has 0 saturated carbocycles. The number of ether oxygens (including phenoxy) is 3. The Morgan fingerprint density at radius 1 is 0.435 bits per heavy atom. The van der Waals surface area contributed by atoms with Crippen molar-refractivity contribution in [2.24, 2.45) is 0 Å². The lowest BCUT2D eigenvalue weighted by molar-refractivity contribution is -0.167. The summed E-state index contributed by atoms with van der Waals surface area (Å²) in [6.07, 6.45) is 36.3. The van der Waals surface area contributed by atoms with Crippen LogP contribution in [0, 0.1) is 0 Å². The number of hydrogen-bond donors (Lipinski definition) is 0. The molecule has 0 fully saturated rings. The molecule has 0 bridgehead atoms. The van der Waals surface area contributed by atoms with Gasteiger partial charge in [-0.15, -0.1) is 0 Å². The molecule has 0 amide bonds. The molecule has 0 heterocycles. The quantitative estimate of drug-likeness (QED) is 0.0299. The Kier molecular flexibility index (Phi) is 34.1. The summed E-state index contributed by atoms with van der Waals surface area (Å²) in [6.45, 7) is 6.46. The van der Waals surface area contributed by atoms with Crippen LogP contribution < -0.4 is 0 Å². The molecule has 1 unspecified atom stereocenters. The van der Waals surface area contributed by atoms with E-state index in [9.17, 15) is 14.4 Å². The van der Waals surface area contributed by atoms with Crippen LogP contribution in [0.25, 0.3) is 0 Å². The van der Waals surface area contributed by atoms with Gasteiger partial charge in [0.1, 0.15) is 13.2 Å². The minimum atomic E-state index is -0.764. The normalized spacial score (nSPS) is 12.2. The molecule has 6 heteroatoms. The molecule has 268 valence electrons. The van der Waals surface area contributed by atoms with Gasteiger partial charge in [-0.25, -0.2) is 0 Å². The monoisotopic (exact) mass is 649 g/mol. The van der Waals surface area contributed by atoms with Crippen molar-refractivity contribution in [1.82, 2.24) is 0 Å². The van der Waals surface area contributed by atoms with E-state index in [1.165, 1.54) is 77.0 Å². The van der Waals surface area contributed by atoms with E-state index in [0.717, 1.165) is 77.0 Å². The maximum absolute atomic E-state index is 12.5. The molecule has 0 N–H and O–H groups in total. The number of allylic oxidation sites excluding steroid dienone is 4. The van der Waals surface area contributed by atoms with Crippen molar-refractivity contribution in [2.75, 3.05) is 13.2 Å². The summed E-state index contributed by atoms with van der Waals surface area (Å²) >= 11 is 0. The van der Waals surface area contributed by atoms with Gasteiger partial charge < -0.3 is 14.2 Å². The molecule has 0 aliphatic heterocycles. The van der Waals surface area contributed by atoms with Crippen LogP contribution >= 0.6 is 0 Å². The average molecular weight is 649 g/mol. The highest BCUT2D eigenvalue weighted by Crippen LogP contribution is 2.12. The lowest BCUT2D eigenvalue weighted by Gasteiger charge is -2.18. The van der Waals surface area contributed by atoms with E-state index < -0.39 is 6.10 Å². The second kappa shape index (κ2) is 35.7. The van der Waals surface area contributed by atoms with E-state index in [1.54, 1.807) is 0 Å². The van der Waals surface area contributed by atoms with Crippen LogP contribution in [0.4, 0.5) is 0 Å². The highest BCUT2D eigenvalue weighted by molar-refractivity contribution is 5.71. The van der Waals surface area contributed by atoms with E-state index in [0.29, 0.717) is 19.3 Å². The van der Waals surface area contributed by atoms with Gasteiger partial charge in [-0.1, -0.05) is 148 Å². The van der Waals surface area contributed by atoms with Crippen LogP contribution in [0.1, 0.15) is 194 Å². The first-order valence-electron chi connectivity index (χ1n) is 19.3. The molecule has 1 atom stereocenters. The van der Waals surface area contributed by atoms with E-state index >= 15 is 0 Å². The third kappa shape index (κ3) is 33.3. The maximum Gasteiger partial charge on any atom is 0.306 e. The van der Waals surface area contributed by atoms with E-state index in [-0.39, 0.29) is 31.1 Å². The Labute approximate surface area is 283 Å². The van der Waals surface area contributed by atoms with Crippen molar-refractivity contribution >= 4 is 17.9 Å². The molecule has 0 saturated heterocycles. The third-order valence-electron chi connectivity index (χ3n) is 8.21. The van der Waals surface area contributed by atoms with Crippen LogP contribution in [0.3, 0.4) is 0 Å². The Morgan fingerprint density at radius 2 is 0.783 bits per heavy atom. The van der Waals surface area contributed by atoms with Gasteiger partial charge >= 0.3 is 17.9 Å². The summed E-state index contributed by atoms with van der Waals surface area (Å²) in [5.74, 6) is -0.913. The fourth-order valence-corrected chi connectivity index (χ4v) is 5.23. The van der Waals surface area contributed by atoms with Crippen LogP contribution in [0.2, 0.25) is 0 Å². The van der Waals surface area contributed by atoms with Crippen LogP contribution in [0.15, 0.2) is 24.3 Å². The van der Waals surface area contributed by atoms with Crippen molar-refractivity contribution in [1.29, 1.82) is 0 Å². The highest BCUT2D eigenvalue weighted by atomic mass is 16.6. The van der Waals surface area contributed by atoms with Crippen LogP contribution in [0.5, 0.6) is 0 Å². The van der Waals surface area contributed by atoms with Crippen LogP contribution in [-0.4, -0.2) is 37.2 Å². The van der Waals surface area contributed by atoms with Gasteiger partial charge in [-0.2, -0.15) is 0 Å². The summed E-state index contributed by atoms with van der Waals surface area (Å²) in [5, 5.41) is 0. The van der Waals surface area contributed by atoms with E-state index in [2.05, 4.69) is 45.1 Å². The Morgan fingerprint density at radius 3 is 1.22 bits per heavy atom. The number of rotatable bonds is 34. The summed E-state index contributed by atoms with van der Waals surface area (Å²) in [4.78, 5) is 37.1. The minimum absolute atomic E-state index is 0.0754. The third-order valence-corrected chi connectivity index (χ3v) is 8.21. The smallest absolute Gasteiger partial charge is 0.306 e. The Bertz CT molecular complexity index is 759. The molecule has 0 aromatic rings. The summed E-state index contributed by atoms with van der Waals surface area (Å²) < 4.78 is 16.4. The first-order valence-corrected chi connectivity index (χ1v) is 19.3. The molecule has 0 rings (SSSR count). The van der Waals surface area contributed by atoms with Crippen molar-refractivity contribution in [2.45, 2.75) is 200 Å². The van der Waals surface area contributed by atoms with Crippen molar-refractivity contribution in [3.63, 3.8) is 0 Å².